The summed E-state index contributed by atoms with van der Waals surface area (Å²) >= 11 is 12.0. The van der Waals surface area contributed by atoms with Gasteiger partial charge in [0.25, 0.3) is 0 Å². The van der Waals surface area contributed by atoms with Crippen molar-refractivity contribution in [2.75, 3.05) is 17.2 Å². The Kier molecular flexibility index (Phi) is 3.91. The van der Waals surface area contributed by atoms with Crippen molar-refractivity contribution >= 4 is 58.5 Å². The first kappa shape index (κ1) is 12.4. The second-order valence-corrected chi connectivity index (χ2v) is 5.43. The minimum Gasteiger partial charge on any atom is -0.295 e. The third-order valence-corrected chi connectivity index (χ3v) is 3.87. The number of aromatic nitrogens is 2. The van der Waals surface area contributed by atoms with Crippen LogP contribution in [0.2, 0.25) is 5.28 Å². The Morgan fingerprint density at radius 2 is 2.44 bits per heavy atom. The molecular formula is C9H9ClIN3OS. The van der Waals surface area contributed by atoms with Gasteiger partial charge in [0, 0.05) is 19.2 Å². The molecule has 1 atom stereocenters. The van der Waals surface area contributed by atoms with E-state index < -0.39 is 0 Å². The number of carbonyl (C=O) groups excluding carboxylic acids is 1. The Balaban J connectivity index is 2.30. The van der Waals surface area contributed by atoms with Gasteiger partial charge in [-0.25, -0.2) is 4.98 Å². The van der Waals surface area contributed by atoms with E-state index in [0.717, 1.165) is 3.57 Å². The lowest BCUT2D eigenvalue weighted by Crippen LogP contribution is -2.26. The average Bonchev–Trinajstić information content (AvgIpc) is 2.63. The smallest absolute Gasteiger partial charge is 0.228 e. The van der Waals surface area contributed by atoms with Gasteiger partial charge < -0.3 is 0 Å². The molecule has 0 aromatic carbocycles. The highest BCUT2D eigenvalue weighted by atomic mass is 127. The van der Waals surface area contributed by atoms with E-state index in [9.17, 15) is 4.79 Å². The molecule has 7 heteroatoms. The van der Waals surface area contributed by atoms with Crippen LogP contribution in [0.15, 0.2) is 6.20 Å². The van der Waals surface area contributed by atoms with Crippen molar-refractivity contribution < 1.29 is 4.79 Å². The zero-order valence-corrected chi connectivity index (χ0v) is 12.0. The van der Waals surface area contributed by atoms with Gasteiger partial charge in [-0.3, -0.25) is 9.69 Å². The minimum atomic E-state index is 0.0757. The van der Waals surface area contributed by atoms with Crippen LogP contribution >= 0.6 is 46.8 Å². The Morgan fingerprint density at radius 3 is 3.06 bits per heavy atom. The highest BCUT2D eigenvalue weighted by Crippen LogP contribution is 2.28. The zero-order chi connectivity index (χ0) is 11.7. The summed E-state index contributed by atoms with van der Waals surface area (Å²) in [5.74, 6) is 1.68. The maximum atomic E-state index is 11.8. The number of rotatable bonds is 2. The van der Waals surface area contributed by atoms with E-state index in [-0.39, 0.29) is 11.2 Å². The van der Waals surface area contributed by atoms with Gasteiger partial charge >= 0.3 is 0 Å². The van der Waals surface area contributed by atoms with Crippen molar-refractivity contribution in [1.29, 1.82) is 0 Å². The van der Waals surface area contributed by atoms with Gasteiger partial charge in [-0.2, -0.15) is 17.6 Å². The van der Waals surface area contributed by atoms with Crippen LogP contribution in [0.1, 0.15) is 6.42 Å². The number of hydrogen-bond donors (Lipinski definition) is 1. The molecule has 1 aliphatic heterocycles. The summed E-state index contributed by atoms with van der Waals surface area (Å²) in [5, 5.41) is 0.164. The van der Waals surface area contributed by atoms with Gasteiger partial charge in [-0.05, 0) is 45.9 Å². The van der Waals surface area contributed by atoms with Gasteiger partial charge in [-0.15, -0.1) is 0 Å². The number of thiol groups is 1. The molecule has 0 radical (unpaired) electrons. The molecule has 0 spiro atoms. The highest BCUT2D eigenvalue weighted by Gasteiger charge is 2.31. The fourth-order valence-corrected chi connectivity index (χ4v) is 2.56. The Bertz CT molecular complexity index is 431. The summed E-state index contributed by atoms with van der Waals surface area (Å²) in [6.07, 6.45) is 2.15. The molecule has 16 heavy (non-hydrogen) atoms. The molecule has 1 aliphatic rings. The third-order valence-electron chi connectivity index (χ3n) is 2.42. The zero-order valence-electron chi connectivity index (χ0n) is 8.23. The van der Waals surface area contributed by atoms with Gasteiger partial charge in [0.05, 0.1) is 3.57 Å². The molecule has 0 N–H and O–H groups in total. The second kappa shape index (κ2) is 5.05. The largest absolute Gasteiger partial charge is 0.295 e. The lowest BCUT2D eigenvalue weighted by Gasteiger charge is -2.16. The first-order valence-corrected chi connectivity index (χ1v) is 6.80. The van der Waals surface area contributed by atoms with E-state index in [1.807, 2.05) is 0 Å². The summed E-state index contributed by atoms with van der Waals surface area (Å²) in [4.78, 5) is 21.4. The molecule has 1 amide bonds. The quantitative estimate of drug-likeness (QED) is 0.493. The molecule has 86 valence electrons. The van der Waals surface area contributed by atoms with Crippen LogP contribution in [0.5, 0.6) is 0 Å². The number of hydrogen-bond acceptors (Lipinski definition) is 4. The van der Waals surface area contributed by atoms with Crippen LogP contribution in [0, 0.1) is 9.49 Å². The van der Waals surface area contributed by atoms with Gasteiger partial charge in [-0.1, -0.05) is 0 Å². The van der Waals surface area contributed by atoms with Crippen molar-refractivity contribution in [3.8, 4) is 0 Å². The lowest BCUT2D eigenvalue weighted by atomic mass is 10.1. The van der Waals surface area contributed by atoms with E-state index in [0.29, 0.717) is 30.5 Å². The van der Waals surface area contributed by atoms with Crippen molar-refractivity contribution in [3.63, 3.8) is 0 Å². The Labute approximate surface area is 117 Å². The van der Waals surface area contributed by atoms with Crippen LogP contribution in [0.25, 0.3) is 0 Å². The molecule has 0 aliphatic carbocycles. The van der Waals surface area contributed by atoms with E-state index in [1.165, 1.54) is 0 Å². The number of halogens is 2. The second-order valence-electron chi connectivity index (χ2n) is 3.57. The van der Waals surface area contributed by atoms with Gasteiger partial charge in [0.15, 0.2) is 5.82 Å². The van der Waals surface area contributed by atoms with E-state index in [1.54, 1.807) is 11.1 Å². The van der Waals surface area contributed by atoms with Gasteiger partial charge in [0.1, 0.15) is 0 Å². The predicted molar refractivity (Wildman–Crippen MR) is 74.1 cm³/mol. The molecule has 2 heterocycles. The maximum Gasteiger partial charge on any atom is 0.228 e. The van der Waals surface area contributed by atoms with Crippen LogP contribution < -0.4 is 4.90 Å². The predicted octanol–water partition coefficient (Wildman–Crippen LogP) is 2.02. The molecule has 1 aromatic rings. The molecule has 2 rings (SSSR count). The van der Waals surface area contributed by atoms with E-state index in [2.05, 4.69) is 45.2 Å². The molecule has 0 bridgehead atoms. The monoisotopic (exact) mass is 369 g/mol. The first-order valence-electron chi connectivity index (χ1n) is 4.71. The molecule has 1 saturated heterocycles. The Morgan fingerprint density at radius 1 is 1.69 bits per heavy atom. The van der Waals surface area contributed by atoms with Crippen LogP contribution in [0.4, 0.5) is 5.82 Å². The number of amides is 1. The molecule has 0 saturated carbocycles. The summed E-state index contributed by atoms with van der Waals surface area (Å²) < 4.78 is 0.829. The normalized spacial score (nSPS) is 20.6. The molecule has 1 unspecified atom stereocenters. The highest BCUT2D eigenvalue weighted by molar-refractivity contribution is 14.1. The topological polar surface area (TPSA) is 46.1 Å². The fourth-order valence-electron chi connectivity index (χ4n) is 1.64. The molecule has 4 nitrogen and oxygen atoms in total. The number of nitrogens with zero attached hydrogens (tertiary/aromatic N) is 3. The average molecular weight is 370 g/mol. The maximum absolute atomic E-state index is 11.8. The molecule has 1 fully saturated rings. The summed E-state index contributed by atoms with van der Waals surface area (Å²) in [6, 6.07) is 0. The third kappa shape index (κ3) is 2.43. The van der Waals surface area contributed by atoms with E-state index in [4.69, 9.17) is 11.6 Å². The fraction of sp³-hybridized carbons (Fsp3) is 0.444. The van der Waals surface area contributed by atoms with Crippen molar-refractivity contribution in [2.24, 2.45) is 5.92 Å². The van der Waals surface area contributed by atoms with Crippen molar-refractivity contribution in [1.82, 2.24) is 9.97 Å². The van der Waals surface area contributed by atoms with Crippen LogP contribution in [0.3, 0.4) is 0 Å². The minimum absolute atomic E-state index is 0.0757. The van der Waals surface area contributed by atoms with Crippen molar-refractivity contribution in [3.05, 3.63) is 15.1 Å². The standard InChI is InChI=1S/C9H9ClIN3OS/c10-9-12-2-6(11)8(13-9)14-3-5(4-16)1-7(14)15/h2,5,16H,1,3-4H2. The van der Waals surface area contributed by atoms with Crippen molar-refractivity contribution in [2.45, 2.75) is 6.42 Å². The number of anilines is 1. The molecular weight excluding hydrogens is 361 g/mol. The molecule has 1 aromatic heterocycles. The van der Waals surface area contributed by atoms with Crippen LogP contribution in [-0.4, -0.2) is 28.2 Å². The van der Waals surface area contributed by atoms with E-state index >= 15 is 0 Å². The summed E-state index contributed by atoms with van der Waals surface area (Å²) in [6.45, 7) is 0.658. The summed E-state index contributed by atoms with van der Waals surface area (Å²) in [7, 11) is 0. The lowest BCUT2D eigenvalue weighted by molar-refractivity contribution is -0.117. The Hall–Kier alpha value is -0.0800. The van der Waals surface area contributed by atoms with Crippen LogP contribution in [-0.2, 0) is 4.79 Å². The SMILES string of the molecule is O=C1CC(CS)CN1c1nc(Cl)ncc1I. The van der Waals surface area contributed by atoms with Gasteiger partial charge in [0.2, 0.25) is 11.2 Å². The summed E-state index contributed by atoms with van der Waals surface area (Å²) in [5.41, 5.74) is 0. The first-order chi connectivity index (χ1) is 7.61. The number of carbonyl (C=O) groups is 1.